The molecule has 5 nitrogen and oxygen atoms in total. The third kappa shape index (κ3) is 2.25. The molecule has 0 aliphatic carbocycles. The lowest BCUT2D eigenvalue weighted by molar-refractivity contribution is 0.375. The van der Waals surface area contributed by atoms with E-state index in [1.807, 2.05) is 32.3 Å². The Balaban J connectivity index is 2.16. The zero-order valence-electron chi connectivity index (χ0n) is 9.55. The second-order valence-electron chi connectivity index (χ2n) is 3.96. The third-order valence-electron chi connectivity index (χ3n) is 2.34. The second kappa shape index (κ2) is 4.40. The molecule has 5 heteroatoms. The van der Waals surface area contributed by atoms with Gasteiger partial charge < -0.3 is 15.1 Å². The number of furan rings is 1. The van der Waals surface area contributed by atoms with E-state index in [1.165, 1.54) is 0 Å². The molecule has 16 heavy (non-hydrogen) atoms. The monoisotopic (exact) mass is 220 g/mol. The van der Waals surface area contributed by atoms with E-state index >= 15 is 0 Å². The summed E-state index contributed by atoms with van der Waals surface area (Å²) in [4.78, 5) is 2.09. The molecule has 0 bridgehead atoms. The number of rotatable bonds is 4. The molecule has 2 aromatic rings. The summed E-state index contributed by atoms with van der Waals surface area (Å²) in [6.45, 7) is 1.68. The molecule has 2 heterocycles. The average molecular weight is 220 g/mol. The van der Waals surface area contributed by atoms with Crippen LogP contribution in [0, 0.1) is 0 Å². The fraction of sp³-hybridized carbons (Fsp3) is 0.364. The summed E-state index contributed by atoms with van der Waals surface area (Å²) in [5.74, 6) is 1.41. The van der Waals surface area contributed by atoms with Gasteiger partial charge in [-0.1, -0.05) is 0 Å². The van der Waals surface area contributed by atoms with Crippen molar-refractivity contribution in [2.75, 3.05) is 26.4 Å². The Morgan fingerprint density at radius 2 is 2.31 bits per heavy atom. The number of likely N-dealkylation sites (N-methyl/N-ethyl adjacent to an activating group) is 1. The van der Waals surface area contributed by atoms with Gasteiger partial charge in [0.05, 0.1) is 12.8 Å². The van der Waals surface area contributed by atoms with Gasteiger partial charge >= 0.3 is 0 Å². The van der Waals surface area contributed by atoms with Gasteiger partial charge in [-0.3, -0.25) is 0 Å². The smallest absolute Gasteiger partial charge is 0.154 e. The maximum absolute atomic E-state index is 5.87. The molecule has 0 radical (unpaired) electrons. The van der Waals surface area contributed by atoms with E-state index in [2.05, 4.69) is 10.00 Å². The van der Waals surface area contributed by atoms with E-state index in [9.17, 15) is 0 Å². The van der Waals surface area contributed by atoms with Gasteiger partial charge in [-0.2, -0.15) is 5.10 Å². The SMILES string of the molecule is CN(C)CCn1nc(-c2ccco2)cc1N. The van der Waals surface area contributed by atoms with Gasteiger partial charge in [0, 0.05) is 12.6 Å². The number of nitrogens with zero attached hydrogens (tertiary/aromatic N) is 3. The van der Waals surface area contributed by atoms with Gasteiger partial charge in [-0.25, -0.2) is 4.68 Å². The molecule has 2 aromatic heterocycles. The molecule has 0 unspecified atom stereocenters. The minimum absolute atomic E-state index is 0.660. The lowest BCUT2D eigenvalue weighted by Gasteiger charge is -2.09. The largest absolute Gasteiger partial charge is 0.463 e. The summed E-state index contributed by atoms with van der Waals surface area (Å²) in [5.41, 5.74) is 6.65. The van der Waals surface area contributed by atoms with Gasteiger partial charge in [0.15, 0.2) is 5.76 Å². The highest BCUT2D eigenvalue weighted by Gasteiger charge is 2.08. The Bertz CT molecular complexity index is 445. The molecule has 0 atom stereocenters. The van der Waals surface area contributed by atoms with Crippen LogP contribution < -0.4 is 5.73 Å². The van der Waals surface area contributed by atoms with E-state index < -0.39 is 0 Å². The Morgan fingerprint density at radius 3 is 2.94 bits per heavy atom. The molecule has 0 saturated carbocycles. The Kier molecular flexibility index (Phi) is 2.96. The van der Waals surface area contributed by atoms with Crippen molar-refractivity contribution in [1.29, 1.82) is 0 Å². The first-order valence-electron chi connectivity index (χ1n) is 5.19. The number of hydrogen-bond acceptors (Lipinski definition) is 4. The maximum Gasteiger partial charge on any atom is 0.154 e. The van der Waals surface area contributed by atoms with Crippen molar-refractivity contribution in [3.63, 3.8) is 0 Å². The fourth-order valence-corrected chi connectivity index (χ4v) is 1.45. The van der Waals surface area contributed by atoms with E-state index in [4.69, 9.17) is 10.2 Å². The molecule has 2 N–H and O–H groups in total. The summed E-state index contributed by atoms with van der Waals surface area (Å²) in [6.07, 6.45) is 1.63. The lowest BCUT2D eigenvalue weighted by atomic mass is 10.3. The number of nitrogens with two attached hydrogens (primary N) is 1. The van der Waals surface area contributed by atoms with Crippen molar-refractivity contribution in [2.24, 2.45) is 0 Å². The number of anilines is 1. The Morgan fingerprint density at radius 1 is 1.50 bits per heavy atom. The minimum Gasteiger partial charge on any atom is -0.463 e. The average Bonchev–Trinajstić information content (AvgIpc) is 2.83. The number of nitrogen functional groups attached to an aromatic ring is 1. The minimum atomic E-state index is 0.660. The van der Waals surface area contributed by atoms with Crippen LogP contribution >= 0.6 is 0 Å². The van der Waals surface area contributed by atoms with E-state index in [0.29, 0.717) is 5.82 Å². The van der Waals surface area contributed by atoms with Gasteiger partial charge in [0.2, 0.25) is 0 Å². The number of aromatic nitrogens is 2. The quantitative estimate of drug-likeness (QED) is 0.843. The summed E-state index contributed by atoms with van der Waals surface area (Å²) >= 11 is 0. The molecule has 2 rings (SSSR count). The summed E-state index contributed by atoms with van der Waals surface area (Å²) in [5, 5.41) is 4.40. The Labute approximate surface area is 94.4 Å². The van der Waals surface area contributed by atoms with Crippen LogP contribution in [0.2, 0.25) is 0 Å². The normalized spacial score (nSPS) is 11.2. The second-order valence-corrected chi connectivity index (χ2v) is 3.96. The van der Waals surface area contributed by atoms with E-state index in [1.54, 1.807) is 10.9 Å². The van der Waals surface area contributed by atoms with Gasteiger partial charge in [0.25, 0.3) is 0 Å². The van der Waals surface area contributed by atoms with Crippen LogP contribution in [0.3, 0.4) is 0 Å². The molecule has 0 amide bonds. The topological polar surface area (TPSA) is 60.2 Å². The van der Waals surface area contributed by atoms with Gasteiger partial charge in [0.1, 0.15) is 11.5 Å². The van der Waals surface area contributed by atoms with Crippen LogP contribution in [0.1, 0.15) is 0 Å². The maximum atomic E-state index is 5.87. The molecule has 0 aliphatic rings. The van der Waals surface area contributed by atoms with Crippen molar-refractivity contribution in [3.8, 4) is 11.5 Å². The predicted octanol–water partition coefficient (Wildman–Crippen LogP) is 1.29. The van der Waals surface area contributed by atoms with Crippen LogP contribution in [-0.2, 0) is 6.54 Å². The molecule has 0 aromatic carbocycles. The molecule has 0 fully saturated rings. The summed E-state index contributed by atoms with van der Waals surface area (Å²) in [7, 11) is 4.04. The lowest BCUT2D eigenvalue weighted by Crippen LogP contribution is -2.19. The first kappa shape index (κ1) is 10.8. The zero-order chi connectivity index (χ0) is 11.5. The fourth-order valence-electron chi connectivity index (χ4n) is 1.45. The zero-order valence-corrected chi connectivity index (χ0v) is 9.55. The third-order valence-corrected chi connectivity index (χ3v) is 2.34. The van der Waals surface area contributed by atoms with Crippen LogP contribution in [0.5, 0.6) is 0 Å². The van der Waals surface area contributed by atoms with Crippen molar-refractivity contribution in [2.45, 2.75) is 6.54 Å². The van der Waals surface area contributed by atoms with Crippen molar-refractivity contribution in [3.05, 3.63) is 24.5 Å². The van der Waals surface area contributed by atoms with E-state index in [0.717, 1.165) is 24.5 Å². The van der Waals surface area contributed by atoms with Crippen LogP contribution in [0.15, 0.2) is 28.9 Å². The molecule has 0 spiro atoms. The van der Waals surface area contributed by atoms with E-state index in [-0.39, 0.29) is 0 Å². The van der Waals surface area contributed by atoms with Crippen LogP contribution in [0.25, 0.3) is 11.5 Å². The highest BCUT2D eigenvalue weighted by Crippen LogP contribution is 2.20. The Hall–Kier alpha value is -1.75. The standard InChI is InChI=1S/C11H16N4O/c1-14(2)5-6-15-11(12)8-9(13-15)10-4-3-7-16-10/h3-4,7-8H,5-6,12H2,1-2H3. The van der Waals surface area contributed by atoms with Crippen LogP contribution in [0.4, 0.5) is 5.82 Å². The van der Waals surface area contributed by atoms with Gasteiger partial charge in [-0.05, 0) is 26.2 Å². The van der Waals surface area contributed by atoms with Crippen molar-refractivity contribution in [1.82, 2.24) is 14.7 Å². The molecule has 86 valence electrons. The van der Waals surface area contributed by atoms with Crippen LogP contribution in [-0.4, -0.2) is 35.3 Å². The number of hydrogen-bond donors (Lipinski definition) is 1. The summed E-state index contributed by atoms with van der Waals surface area (Å²) < 4.78 is 7.06. The van der Waals surface area contributed by atoms with Crippen molar-refractivity contribution < 1.29 is 4.42 Å². The highest BCUT2D eigenvalue weighted by atomic mass is 16.3. The molecule has 0 aliphatic heterocycles. The predicted molar refractivity (Wildman–Crippen MR) is 62.9 cm³/mol. The molecular formula is C11H16N4O. The summed E-state index contributed by atoms with van der Waals surface area (Å²) in [6, 6.07) is 5.54. The first-order valence-corrected chi connectivity index (χ1v) is 5.19. The molecule has 0 saturated heterocycles. The first-order chi connectivity index (χ1) is 7.66. The van der Waals surface area contributed by atoms with Crippen molar-refractivity contribution >= 4 is 5.82 Å². The van der Waals surface area contributed by atoms with Gasteiger partial charge in [-0.15, -0.1) is 0 Å². The molecular weight excluding hydrogens is 204 g/mol. The highest BCUT2D eigenvalue weighted by molar-refractivity contribution is 5.56.